The van der Waals surface area contributed by atoms with Crippen molar-refractivity contribution in [3.8, 4) is 11.5 Å². The van der Waals surface area contributed by atoms with Gasteiger partial charge in [0.25, 0.3) is 5.91 Å². The van der Waals surface area contributed by atoms with E-state index >= 15 is 0 Å². The monoisotopic (exact) mass is 721 g/mol. The minimum absolute atomic E-state index is 0.156. The number of nitrogens with one attached hydrogen (secondary N) is 1. The highest BCUT2D eigenvalue weighted by atomic mass is 32.2. The molecular weight excluding hydrogens is 680 g/mol. The second kappa shape index (κ2) is 16.7. The van der Waals surface area contributed by atoms with Crippen molar-refractivity contribution in [1.82, 2.24) is 9.80 Å². The zero-order valence-electron chi connectivity index (χ0n) is 28.9. The van der Waals surface area contributed by atoms with E-state index in [-0.39, 0.29) is 41.9 Å². The Balaban J connectivity index is 1.33. The fourth-order valence-corrected chi connectivity index (χ4v) is 6.76. The van der Waals surface area contributed by atoms with Crippen LogP contribution in [0.1, 0.15) is 40.9 Å². The molecule has 0 aliphatic carbocycles. The van der Waals surface area contributed by atoms with Crippen LogP contribution in [-0.4, -0.2) is 72.7 Å². The van der Waals surface area contributed by atoms with Crippen LogP contribution in [0.5, 0.6) is 11.5 Å². The number of fused-ring (bicyclic) bond motifs is 1. The van der Waals surface area contributed by atoms with Crippen LogP contribution in [0.25, 0.3) is 0 Å². The third-order valence-electron chi connectivity index (χ3n) is 8.76. The van der Waals surface area contributed by atoms with Gasteiger partial charge in [0.2, 0.25) is 5.91 Å². The molecule has 0 unspecified atom stereocenters. The number of carbonyl (C=O) groups excluding carboxylic acids is 2. The summed E-state index contributed by atoms with van der Waals surface area (Å²) in [5.41, 5.74) is 1.23. The maximum atomic E-state index is 13.8. The molecule has 1 heterocycles. The van der Waals surface area contributed by atoms with Crippen LogP contribution in [0, 0.1) is 5.92 Å². The summed E-state index contributed by atoms with van der Waals surface area (Å²) in [6.07, 6.45) is -5.07. The first-order valence-electron chi connectivity index (χ1n) is 16.6. The van der Waals surface area contributed by atoms with E-state index in [1.165, 1.54) is 12.1 Å². The predicted octanol–water partition coefficient (Wildman–Crippen LogP) is 7.40. The Morgan fingerprint density at radius 2 is 1.73 bits per heavy atom. The number of aliphatic hydroxyl groups is 1. The van der Waals surface area contributed by atoms with Crippen molar-refractivity contribution in [2.45, 2.75) is 54.9 Å². The third kappa shape index (κ3) is 9.84. The Bertz CT molecular complexity index is 1800. The van der Waals surface area contributed by atoms with Gasteiger partial charge in [-0.05, 0) is 79.7 Å². The molecule has 4 aromatic carbocycles. The Morgan fingerprint density at radius 3 is 2.39 bits per heavy atom. The minimum atomic E-state index is -4.48. The van der Waals surface area contributed by atoms with E-state index in [0.29, 0.717) is 25.2 Å². The maximum Gasteiger partial charge on any atom is 0.416 e. The van der Waals surface area contributed by atoms with Gasteiger partial charge in [0.05, 0.1) is 43.0 Å². The Kier molecular flexibility index (Phi) is 12.3. The lowest BCUT2D eigenvalue weighted by molar-refractivity contribution is -0.137. The number of benzene rings is 4. The zero-order valence-corrected chi connectivity index (χ0v) is 29.8. The first-order valence-corrected chi connectivity index (χ1v) is 17.4. The molecule has 270 valence electrons. The van der Waals surface area contributed by atoms with Crippen molar-refractivity contribution < 1.29 is 37.3 Å². The highest BCUT2D eigenvalue weighted by Crippen LogP contribution is 2.36. The number of likely N-dealkylation sites (N-methyl/N-ethyl adjacent to an activating group) is 1. The number of ether oxygens (including phenoxy) is 2. The molecule has 5 rings (SSSR count). The van der Waals surface area contributed by atoms with Crippen LogP contribution in [0.15, 0.2) is 101 Å². The smallest absolute Gasteiger partial charge is 0.416 e. The van der Waals surface area contributed by atoms with Crippen LogP contribution in [0.2, 0.25) is 0 Å². The molecule has 51 heavy (non-hydrogen) atoms. The highest BCUT2D eigenvalue weighted by molar-refractivity contribution is 7.99. The second-order valence-corrected chi connectivity index (χ2v) is 14.0. The number of hydrogen-bond donors (Lipinski definition) is 2. The molecule has 2 N–H and O–H groups in total. The van der Waals surface area contributed by atoms with Crippen molar-refractivity contribution >= 4 is 29.3 Å². The second-order valence-electron chi connectivity index (χ2n) is 12.8. The maximum absolute atomic E-state index is 13.8. The van der Waals surface area contributed by atoms with Gasteiger partial charge in [-0.25, -0.2) is 0 Å². The Morgan fingerprint density at radius 1 is 1.04 bits per heavy atom. The molecule has 0 fully saturated rings. The summed E-state index contributed by atoms with van der Waals surface area (Å²) >= 11 is 1.65. The number of anilines is 1. The van der Waals surface area contributed by atoms with E-state index in [0.717, 1.165) is 33.2 Å². The number of amides is 2. The molecule has 3 atom stereocenters. The average Bonchev–Trinajstić information content (AvgIpc) is 3.10. The largest absolute Gasteiger partial charge is 0.497 e. The molecule has 1 aliphatic rings. The number of rotatable bonds is 12. The van der Waals surface area contributed by atoms with Crippen LogP contribution in [-0.2, 0) is 23.9 Å². The van der Waals surface area contributed by atoms with E-state index in [1.807, 2.05) is 38.2 Å². The van der Waals surface area contributed by atoms with Crippen molar-refractivity contribution in [1.29, 1.82) is 0 Å². The van der Waals surface area contributed by atoms with Gasteiger partial charge < -0.3 is 24.8 Å². The molecule has 0 bridgehead atoms. The lowest BCUT2D eigenvalue weighted by Gasteiger charge is -2.38. The predicted molar refractivity (Wildman–Crippen MR) is 191 cm³/mol. The van der Waals surface area contributed by atoms with Gasteiger partial charge in [0.15, 0.2) is 5.75 Å². The van der Waals surface area contributed by atoms with E-state index in [4.69, 9.17) is 9.47 Å². The SMILES string of the molecule is COc1cccc(Sc2ccc(CN(C)C[C@H]3Oc4c(NC(=O)Cc5ccc(C(F)(F)F)cc5)cccc4C(=O)N([C@@H](C)CO)C[C@H]3C)cc2)c1. The molecule has 0 spiro atoms. The topological polar surface area (TPSA) is 91.3 Å². The molecule has 0 aromatic heterocycles. The summed E-state index contributed by atoms with van der Waals surface area (Å²) in [4.78, 5) is 32.9. The average molecular weight is 722 g/mol. The number of nitrogens with zero attached hydrogens (tertiary/aromatic N) is 2. The standard InChI is InChI=1S/C39H42F3N3O5S/c1-25-21-45(26(2)24-46)38(48)33-9-6-10-34(43-36(47)19-27-11-15-29(16-12-27)39(40,41)42)37(33)50-35(25)23-44(3)22-28-13-17-31(18-14-28)51-32-8-5-7-30(20-32)49-4/h5-18,20,25-26,35,46H,19,21-24H2,1-4H3,(H,43,47)/t25-,26+,35-/m1/s1. The number of halogens is 3. The number of para-hydroxylation sites is 1. The summed E-state index contributed by atoms with van der Waals surface area (Å²) in [7, 11) is 3.64. The van der Waals surface area contributed by atoms with Gasteiger partial charge >= 0.3 is 6.18 Å². The van der Waals surface area contributed by atoms with E-state index in [2.05, 4.69) is 34.5 Å². The lowest BCUT2D eigenvalue weighted by Crippen LogP contribution is -2.49. The number of methoxy groups -OCH3 is 1. The van der Waals surface area contributed by atoms with Crippen LogP contribution in [0.3, 0.4) is 0 Å². The quantitative estimate of drug-likeness (QED) is 0.158. The summed E-state index contributed by atoms with van der Waals surface area (Å²) in [5.74, 6) is 0.0448. The molecule has 2 amide bonds. The number of alkyl halides is 3. The number of aliphatic hydroxyl groups excluding tert-OH is 1. The van der Waals surface area contributed by atoms with Crippen molar-refractivity contribution in [2.75, 3.05) is 39.2 Å². The Labute approximate surface area is 300 Å². The molecule has 0 radical (unpaired) electrons. The molecule has 8 nitrogen and oxygen atoms in total. The molecule has 0 saturated heterocycles. The first-order chi connectivity index (χ1) is 24.3. The van der Waals surface area contributed by atoms with Gasteiger partial charge in [-0.2, -0.15) is 13.2 Å². The van der Waals surface area contributed by atoms with E-state index < -0.39 is 29.8 Å². The molecule has 1 aliphatic heterocycles. The normalized spacial score (nSPS) is 16.9. The van der Waals surface area contributed by atoms with Gasteiger partial charge in [-0.1, -0.05) is 55.1 Å². The van der Waals surface area contributed by atoms with Crippen LogP contribution >= 0.6 is 11.8 Å². The molecule has 0 saturated carbocycles. The molecule has 12 heteroatoms. The summed E-state index contributed by atoms with van der Waals surface area (Å²) < 4.78 is 51.0. The number of hydrogen-bond acceptors (Lipinski definition) is 7. The molecule has 4 aromatic rings. The summed E-state index contributed by atoms with van der Waals surface area (Å²) in [6, 6.07) is 25.1. The fraction of sp³-hybridized carbons (Fsp3) is 0.333. The first kappa shape index (κ1) is 37.7. The highest BCUT2D eigenvalue weighted by Gasteiger charge is 2.35. The minimum Gasteiger partial charge on any atom is -0.497 e. The van der Waals surface area contributed by atoms with Gasteiger partial charge in [0.1, 0.15) is 11.9 Å². The van der Waals surface area contributed by atoms with Gasteiger partial charge in [-0.3, -0.25) is 14.5 Å². The summed E-state index contributed by atoms with van der Waals surface area (Å²) in [6.45, 7) is 5.01. The van der Waals surface area contributed by atoms with E-state index in [9.17, 15) is 27.9 Å². The fourth-order valence-electron chi connectivity index (χ4n) is 5.90. The third-order valence-corrected chi connectivity index (χ3v) is 9.75. The molecular formula is C39H42F3N3O5S. The van der Waals surface area contributed by atoms with Gasteiger partial charge in [-0.15, -0.1) is 0 Å². The zero-order chi connectivity index (χ0) is 36.7. The number of carbonyl (C=O) groups is 2. The van der Waals surface area contributed by atoms with Gasteiger partial charge in [0, 0.05) is 35.3 Å². The van der Waals surface area contributed by atoms with Crippen LogP contribution in [0.4, 0.5) is 18.9 Å². The lowest BCUT2D eigenvalue weighted by atomic mass is 9.98. The summed E-state index contributed by atoms with van der Waals surface area (Å²) in [5, 5.41) is 12.8. The van der Waals surface area contributed by atoms with Crippen LogP contribution < -0.4 is 14.8 Å². The van der Waals surface area contributed by atoms with Crippen molar-refractivity contribution in [3.05, 3.63) is 113 Å². The van der Waals surface area contributed by atoms with E-state index in [1.54, 1.807) is 48.9 Å². The Hall–Kier alpha value is -4.52. The van der Waals surface area contributed by atoms with Crippen molar-refractivity contribution in [3.63, 3.8) is 0 Å². The van der Waals surface area contributed by atoms with Crippen molar-refractivity contribution in [2.24, 2.45) is 5.92 Å².